The molecule has 1 aliphatic carbocycles. The van der Waals surface area contributed by atoms with Gasteiger partial charge in [0.2, 0.25) is 0 Å². The molecule has 0 spiro atoms. The Morgan fingerprint density at radius 2 is 1.89 bits per heavy atom. The average molecular weight is 280 g/mol. The van der Waals surface area contributed by atoms with Gasteiger partial charge in [-0.2, -0.15) is 0 Å². The number of aryl methyl sites for hydroxylation is 1. The van der Waals surface area contributed by atoms with E-state index in [0.29, 0.717) is 16.9 Å². The van der Waals surface area contributed by atoms with Crippen LogP contribution >= 0.6 is 11.3 Å². The molecule has 1 heterocycles. The van der Waals surface area contributed by atoms with Crippen molar-refractivity contribution in [3.05, 3.63) is 16.1 Å². The molecule has 0 aliphatic heterocycles. The molecule has 19 heavy (non-hydrogen) atoms. The van der Waals surface area contributed by atoms with Crippen molar-refractivity contribution in [2.24, 2.45) is 10.8 Å². The summed E-state index contributed by atoms with van der Waals surface area (Å²) < 4.78 is 0. The molecule has 1 aromatic heterocycles. The molecule has 0 radical (unpaired) electrons. The maximum Gasteiger partial charge on any atom is 0.107 e. The van der Waals surface area contributed by atoms with Crippen molar-refractivity contribution < 1.29 is 0 Å². The van der Waals surface area contributed by atoms with Gasteiger partial charge in [-0.3, -0.25) is 0 Å². The van der Waals surface area contributed by atoms with Gasteiger partial charge in [0, 0.05) is 23.7 Å². The lowest BCUT2D eigenvalue weighted by molar-refractivity contribution is 0.0845. The van der Waals surface area contributed by atoms with Crippen LogP contribution < -0.4 is 5.32 Å². The SMILES string of the molecule is CCc1cnc(CNC2CC(C)(C)CC(C)(C)C2)s1. The topological polar surface area (TPSA) is 24.9 Å². The summed E-state index contributed by atoms with van der Waals surface area (Å²) in [5.41, 5.74) is 0.910. The van der Waals surface area contributed by atoms with E-state index in [1.165, 1.54) is 29.1 Å². The van der Waals surface area contributed by atoms with Gasteiger partial charge < -0.3 is 5.32 Å². The normalized spacial score (nSPS) is 22.6. The summed E-state index contributed by atoms with van der Waals surface area (Å²) in [6.45, 7) is 12.7. The monoisotopic (exact) mass is 280 g/mol. The van der Waals surface area contributed by atoms with Crippen LogP contribution in [0.25, 0.3) is 0 Å². The summed E-state index contributed by atoms with van der Waals surface area (Å²) in [5, 5.41) is 4.97. The second-order valence-corrected chi connectivity index (χ2v) is 8.76. The summed E-state index contributed by atoms with van der Waals surface area (Å²) in [6, 6.07) is 0.632. The van der Waals surface area contributed by atoms with E-state index < -0.39 is 0 Å². The molecule has 1 saturated carbocycles. The van der Waals surface area contributed by atoms with Crippen molar-refractivity contribution in [2.75, 3.05) is 0 Å². The minimum absolute atomic E-state index is 0.455. The molecule has 0 unspecified atom stereocenters. The highest BCUT2D eigenvalue weighted by Crippen LogP contribution is 2.45. The van der Waals surface area contributed by atoms with Gasteiger partial charge in [0.25, 0.3) is 0 Å². The van der Waals surface area contributed by atoms with Crippen molar-refractivity contribution in [3.63, 3.8) is 0 Å². The first kappa shape index (κ1) is 15.0. The first-order chi connectivity index (χ1) is 8.80. The lowest BCUT2D eigenvalue weighted by Crippen LogP contribution is -2.43. The maximum absolute atomic E-state index is 4.50. The molecule has 1 N–H and O–H groups in total. The van der Waals surface area contributed by atoms with Crippen LogP contribution in [0.4, 0.5) is 0 Å². The third kappa shape index (κ3) is 4.28. The van der Waals surface area contributed by atoms with Gasteiger partial charge in [0.1, 0.15) is 5.01 Å². The van der Waals surface area contributed by atoms with Gasteiger partial charge in [-0.05, 0) is 36.5 Å². The third-order valence-corrected chi connectivity index (χ3v) is 5.19. The molecule has 3 heteroatoms. The zero-order valence-electron chi connectivity index (χ0n) is 13.0. The Bertz CT molecular complexity index is 404. The molecule has 1 aliphatic rings. The Morgan fingerprint density at radius 1 is 1.26 bits per heavy atom. The molecule has 108 valence electrons. The van der Waals surface area contributed by atoms with E-state index in [0.717, 1.165) is 13.0 Å². The molecule has 0 saturated heterocycles. The molecule has 2 rings (SSSR count). The summed E-state index contributed by atoms with van der Waals surface area (Å²) >= 11 is 1.85. The molecule has 0 aromatic carbocycles. The summed E-state index contributed by atoms with van der Waals surface area (Å²) in [6.07, 6.45) is 7.01. The molecule has 1 fully saturated rings. The Morgan fingerprint density at radius 3 is 2.42 bits per heavy atom. The van der Waals surface area contributed by atoms with E-state index in [-0.39, 0.29) is 0 Å². The number of aromatic nitrogens is 1. The van der Waals surface area contributed by atoms with Crippen molar-refractivity contribution in [2.45, 2.75) is 72.9 Å². The van der Waals surface area contributed by atoms with E-state index in [2.05, 4.69) is 44.9 Å². The summed E-state index contributed by atoms with van der Waals surface area (Å²) in [4.78, 5) is 5.89. The van der Waals surface area contributed by atoms with E-state index in [9.17, 15) is 0 Å². The molecule has 0 amide bonds. The van der Waals surface area contributed by atoms with E-state index in [1.807, 2.05) is 17.5 Å². The number of thiazole rings is 1. The Balaban J connectivity index is 1.91. The van der Waals surface area contributed by atoms with Gasteiger partial charge in [0.15, 0.2) is 0 Å². The third-order valence-electron chi connectivity index (χ3n) is 4.05. The Kier molecular flexibility index (Phi) is 4.36. The van der Waals surface area contributed by atoms with Crippen LogP contribution in [0.5, 0.6) is 0 Å². The van der Waals surface area contributed by atoms with Crippen molar-refractivity contribution in [1.82, 2.24) is 10.3 Å². The van der Waals surface area contributed by atoms with Crippen LogP contribution in [0.2, 0.25) is 0 Å². The maximum atomic E-state index is 4.50. The minimum Gasteiger partial charge on any atom is -0.308 e. The summed E-state index contributed by atoms with van der Waals surface area (Å²) in [7, 11) is 0. The van der Waals surface area contributed by atoms with Crippen molar-refractivity contribution in [3.8, 4) is 0 Å². The predicted octanol–water partition coefficient (Wildman–Crippen LogP) is 4.40. The highest BCUT2D eigenvalue weighted by atomic mass is 32.1. The van der Waals surface area contributed by atoms with E-state index in [4.69, 9.17) is 0 Å². The van der Waals surface area contributed by atoms with Crippen LogP contribution in [0, 0.1) is 10.8 Å². The first-order valence-corrected chi connectivity index (χ1v) is 8.28. The minimum atomic E-state index is 0.455. The first-order valence-electron chi connectivity index (χ1n) is 7.47. The molecular weight excluding hydrogens is 252 g/mol. The van der Waals surface area contributed by atoms with Crippen LogP contribution in [-0.2, 0) is 13.0 Å². The number of hydrogen-bond acceptors (Lipinski definition) is 3. The number of hydrogen-bond donors (Lipinski definition) is 1. The van der Waals surface area contributed by atoms with Gasteiger partial charge in [-0.15, -0.1) is 11.3 Å². The van der Waals surface area contributed by atoms with Gasteiger partial charge >= 0.3 is 0 Å². The lowest BCUT2D eigenvalue weighted by Gasteiger charge is -2.45. The van der Waals surface area contributed by atoms with Crippen LogP contribution in [0.15, 0.2) is 6.20 Å². The quantitative estimate of drug-likeness (QED) is 0.884. The second kappa shape index (κ2) is 5.53. The molecule has 2 nitrogen and oxygen atoms in total. The van der Waals surface area contributed by atoms with Crippen molar-refractivity contribution in [1.29, 1.82) is 0 Å². The fourth-order valence-corrected chi connectivity index (χ4v) is 4.63. The second-order valence-electron chi connectivity index (χ2n) is 7.57. The van der Waals surface area contributed by atoms with E-state index >= 15 is 0 Å². The zero-order chi connectivity index (χ0) is 14.1. The van der Waals surface area contributed by atoms with Crippen molar-refractivity contribution >= 4 is 11.3 Å². The lowest BCUT2D eigenvalue weighted by atomic mass is 9.63. The molecular formula is C16H28N2S. The van der Waals surface area contributed by atoms with Crippen LogP contribution in [0.1, 0.15) is 63.8 Å². The smallest absolute Gasteiger partial charge is 0.107 e. The fraction of sp³-hybridized carbons (Fsp3) is 0.812. The Hall–Kier alpha value is -0.410. The van der Waals surface area contributed by atoms with Gasteiger partial charge in [-0.1, -0.05) is 34.6 Å². The highest BCUT2D eigenvalue weighted by Gasteiger charge is 2.38. The van der Waals surface area contributed by atoms with Crippen LogP contribution in [0.3, 0.4) is 0 Å². The average Bonchev–Trinajstić information content (AvgIpc) is 2.70. The number of nitrogens with zero attached hydrogens (tertiary/aromatic N) is 1. The summed E-state index contributed by atoms with van der Waals surface area (Å²) in [5.74, 6) is 0. The highest BCUT2D eigenvalue weighted by molar-refractivity contribution is 7.11. The molecule has 1 aromatic rings. The van der Waals surface area contributed by atoms with Gasteiger partial charge in [-0.25, -0.2) is 4.98 Å². The number of rotatable bonds is 4. The standard InChI is InChI=1S/C16H28N2S/c1-6-13-9-18-14(19-13)10-17-12-7-15(2,3)11-16(4,5)8-12/h9,12,17H,6-8,10-11H2,1-5H3. The zero-order valence-corrected chi connectivity index (χ0v) is 13.9. The molecule has 0 bridgehead atoms. The molecule has 0 atom stereocenters. The predicted molar refractivity (Wildman–Crippen MR) is 83.5 cm³/mol. The van der Waals surface area contributed by atoms with Crippen LogP contribution in [-0.4, -0.2) is 11.0 Å². The number of nitrogens with one attached hydrogen (secondary N) is 1. The van der Waals surface area contributed by atoms with E-state index in [1.54, 1.807) is 0 Å². The Labute approximate surface area is 122 Å². The fourth-order valence-electron chi connectivity index (χ4n) is 3.82. The van der Waals surface area contributed by atoms with Gasteiger partial charge in [0.05, 0.1) is 0 Å². The largest absolute Gasteiger partial charge is 0.308 e.